The number of benzene rings is 2. The van der Waals surface area contributed by atoms with Crippen molar-refractivity contribution >= 4 is 5.91 Å². The SMILES string of the molecule is Cc1c([C@H]2CN3CCN(C(=O)Cc4cccc(-n5cnnn5)c4)C[C@H]3CO2)ccc(F)c1C#N. The minimum atomic E-state index is -0.506. The Bertz CT molecular complexity index is 1240. The lowest BCUT2D eigenvalue weighted by Gasteiger charge is -2.46. The Labute approximate surface area is 196 Å². The molecule has 0 spiro atoms. The van der Waals surface area contributed by atoms with Gasteiger partial charge in [0.2, 0.25) is 5.91 Å². The summed E-state index contributed by atoms with van der Waals surface area (Å²) in [6, 6.07) is 12.7. The number of morpholine rings is 1. The number of rotatable bonds is 4. The Morgan fingerprint density at radius 1 is 1.26 bits per heavy atom. The van der Waals surface area contributed by atoms with Gasteiger partial charge in [-0.05, 0) is 52.2 Å². The van der Waals surface area contributed by atoms with Crippen molar-refractivity contribution in [2.45, 2.75) is 25.5 Å². The summed E-state index contributed by atoms with van der Waals surface area (Å²) in [6.45, 7) is 4.87. The number of aromatic nitrogens is 4. The number of amides is 1. The lowest BCUT2D eigenvalue weighted by Crippen LogP contribution is -2.59. The zero-order chi connectivity index (χ0) is 23.7. The van der Waals surface area contributed by atoms with Crippen molar-refractivity contribution in [1.29, 1.82) is 5.26 Å². The molecule has 2 aromatic carbocycles. The van der Waals surface area contributed by atoms with E-state index in [1.54, 1.807) is 17.7 Å². The average molecular weight is 462 g/mol. The van der Waals surface area contributed by atoms with Crippen LogP contribution in [0.5, 0.6) is 0 Å². The highest BCUT2D eigenvalue weighted by Gasteiger charge is 2.36. The van der Waals surface area contributed by atoms with Crippen LogP contribution in [0.25, 0.3) is 5.69 Å². The molecule has 2 atom stereocenters. The standard InChI is InChI=1S/C24H24FN7O2/c1-16-20(5-6-22(25)21(16)11-26)23-13-30-7-8-31(12-19(30)14-34-23)24(33)10-17-3-2-4-18(9-17)32-15-27-28-29-32/h2-6,9,15,19,23H,7-8,10,12-14H2,1H3/t19-,23+/m0/s1. The summed E-state index contributed by atoms with van der Waals surface area (Å²) in [4.78, 5) is 17.2. The van der Waals surface area contributed by atoms with E-state index < -0.39 is 5.82 Å². The van der Waals surface area contributed by atoms with E-state index in [4.69, 9.17) is 4.74 Å². The van der Waals surface area contributed by atoms with Crippen LogP contribution >= 0.6 is 0 Å². The fraction of sp³-hybridized carbons (Fsp3) is 0.375. The largest absolute Gasteiger partial charge is 0.370 e. The second-order valence-electron chi connectivity index (χ2n) is 8.66. The van der Waals surface area contributed by atoms with E-state index in [-0.39, 0.29) is 23.6 Å². The second-order valence-corrected chi connectivity index (χ2v) is 8.66. The van der Waals surface area contributed by atoms with Gasteiger partial charge in [-0.15, -0.1) is 5.10 Å². The molecule has 0 aliphatic carbocycles. The van der Waals surface area contributed by atoms with Gasteiger partial charge < -0.3 is 9.64 Å². The number of hydrogen-bond donors (Lipinski definition) is 0. The van der Waals surface area contributed by atoms with Gasteiger partial charge >= 0.3 is 0 Å². The summed E-state index contributed by atoms with van der Waals surface area (Å²) in [6.07, 6.45) is 1.60. The molecule has 2 aliphatic rings. The van der Waals surface area contributed by atoms with E-state index in [1.807, 2.05) is 35.2 Å². The molecule has 2 saturated heterocycles. The highest BCUT2D eigenvalue weighted by molar-refractivity contribution is 5.79. The average Bonchev–Trinajstić information content (AvgIpc) is 3.39. The van der Waals surface area contributed by atoms with Gasteiger partial charge in [-0.1, -0.05) is 18.2 Å². The summed E-state index contributed by atoms with van der Waals surface area (Å²) in [5.74, 6) is -0.434. The summed E-state index contributed by atoms with van der Waals surface area (Å²) < 4.78 is 21.6. The van der Waals surface area contributed by atoms with Crippen LogP contribution in [-0.2, 0) is 16.0 Å². The number of carbonyl (C=O) groups is 1. The topological polar surface area (TPSA) is 100 Å². The maximum atomic E-state index is 13.9. The van der Waals surface area contributed by atoms with Gasteiger partial charge in [0.1, 0.15) is 18.2 Å². The zero-order valence-electron chi connectivity index (χ0n) is 18.8. The number of nitrogens with zero attached hydrogens (tertiary/aromatic N) is 7. The second kappa shape index (κ2) is 9.29. The molecule has 9 nitrogen and oxygen atoms in total. The van der Waals surface area contributed by atoms with Crippen molar-refractivity contribution in [1.82, 2.24) is 30.0 Å². The van der Waals surface area contributed by atoms with Gasteiger partial charge in [-0.2, -0.15) is 5.26 Å². The third-order valence-electron chi connectivity index (χ3n) is 6.64. The molecule has 1 aromatic heterocycles. The number of ether oxygens (including phenoxy) is 1. The number of tetrazole rings is 1. The molecule has 5 rings (SSSR count). The van der Waals surface area contributed by atoms with E-state index in [1.165, 1.54) is 12.4 Å². The Morgan fingerprint density at radius 3 is 2.94 bits per heavy atom. The minimum absolute atomic E-state index is 0.0720. The smallest absolute Gasteiger partial charge is 0.227 e. The maximum Gasteiger partial charge on any atom is 0.227 e. The molecule has 0 unspecified atom stereocenters. The molecule has 0 N–H and O–H groups in total. The van der Waals surface area contributed by atoms with E-state index in [9.17, 15) is 14.4 Å². The van der Waals surface area contributed by atoms with Crippen molar-refractivity contribution in [2.75, 3.05) is 32.8 Å². The number of fused-ring (bicyclic) bond motifs is 1. The van der Waals surface area contributed by atoms with Crippen molar-refractivity contribution in [3.05, 3.63) is 70.8 Å². The molecule has 10 heteroatoms. The molecule has 1 amide bonds. The lowest BCUT2D eigenvalue weighted by atomic mass is 9.96. The van der Waals surface area contributed by atoms with Crippen LogP contribution < -0.4 is 0 Å². The fourth-order valence-electron chi connectivity index (χ4n) is 4.75. The normalized spacial score (nSPS) is 20.6. The third kappa shape index (κ3) is 4.27. The van der Waals surface area contributed by atoms with Crippen molar-refractivity contribution in [3.63, 3.8) is 0 Å². The molecule has 0 saturated carbocycles. The Kier molecular flexibility index (Phi) is 6.04. The summed E-state index contributed by atoms with van der Waals surface area (Å²) in [5, 5.41) is 20.5. The Balaban J connectivity index is 1.22. The van der Waals surface area contributed by atoms with Gasteiger partial charge in [-0.3, -0.25) is 9.69 Å². The fourth-order valence-corrected chi connectivity index (χ4v) is 4.75. The predicted molar refractivity (Wildman–Crippen MR) is 119 cm³/mol. The molecule has 2 fully saturated rings. The van der Waals surface area contributed by atoms with Gasteiger partial charge in [0.05, 0.1) is 36.4 Å². The van der Waals surface area contributed by atoms with Crippen LogP contribution in [-0.4, -0.2) is 74.7 Å². The molecule has 3 heterocycles. The molecular formula is C24H24FN7O2. The van der Waals surface area contributed by atoms with E-state index in [2.05, 4.69) is 20.4 Å². The first kappa shape index (κ1) is 22.1. The van der Waals surface area contributed by atoms with Crippen LogP contribution in [0.15, 0.2) is 42.7 Å². The van der Waals surface area contributed by atoms with E-state index >= 15 is 0 Å². The minimum Gasteiger partial charge on any atom is -0.370 e. The van der Waals surface area contributed by atoms with Gasteiger partial charge in [-0.25, -0.2) is 9.07 Å². The summed E-state index contributed by atoms with van der Waals surface area (Å²) in [7, 11) is 0. The number of halogens is 1. The first-order chi connectivity index (χ1) is 16.5. The first-order valence-corrected chi connectivity index (χ1v) is 11.2. The van der Waals surface area contributed by atoms with E-state index in [0.29, 0.717) is 38.2 Å². The third-order valence-corrected chi connectivity index (χ3v) is 6.64. The molecule has 0 radical (unpaired) electrons. The highest BCUT2D eigenvalue weighted by Crippen LogP contribution is 2.31. The maximum absolute atomic E-state index is 13.9. The zero-order valence-corrected chi connectivity index (χ0v) is 18.8. The summed E-state index contributed by atoms with van der Waals surface area (Å²) >= 11 is 0. The van der Waals surface area contributed by atoms with Crippen molar-refractivity contribution in [3.8, 4) is 11.8 Å². The predicted octanol–water partition coefficient (Wildman–Crippen LogP) is 1.81. The van der Waals surface area contributed by atoms with E-state index in [0.717, 1.165) is 23.4 Å². The molecule has 2 aliphatic heterocycles. The monoisotopic (exact) mass is 461 g/mol. The van der Waals surface area contributed by atoms with Crippen LogP contribution in [0.2, 0.25) is 0 Å². The number of carbonyl (C=O) groups excluding carboxylic acids is 1. The molecule has 3 aromatic rings. The van der Waals surface area contributed by atoms with Crippen LogP contribution in [0.1, 0.15) is 28.4 Å². The number of piperazine rings is 1. The quantitative estimate of drug-likeness (QED) is 0.584. The summed E-state index contributed by atoms with van der Waals surface area (Å²) in [5.41, 5.74) is 3.26. The van der Waals surface area contributed by atoms with Crippen LogP contribution in [0.3, 0.4) is 0 Å². The van der Waals surface area contributed by atoms with Crippen molar-refractivity contribution < 1.29 is 13.9 Å². The molecule has 174 valence electrons. The highest BCUT2D eigenvalue weighted by atomic mass is 19.1. The molecular weight excluding hydrogens is 437 g/mol. The Hall–Kier alpha value is -3.68. The van der Waals surface area contributed by atoms with Gasteiger partial charge in [0, 0.05) is 26.2 Å². The Morgan fingerprint density at radius 2 is 2.15 bits per heavy atom. The van der Waals surface area contributed by atoms with Gasteiger partial charge in [0.25, 0.3) is 0 Å². The number of hydrogen-bond acceptors (Lipinski definition) is 7. The molecule has 0 bridgehead atoms. The first-order valence-electron chi connectivity index (χ1n) is 11.2. The number of nitriles is 1. The van der Waals surface area contributed by atoms with Gasteiger partial charge in [0.15, 0.2) is 0 Å². The van der Waals surface area contributed by atoms with Crippen LogP contribution in [0, 0.1) is 24.1 Å². The molecule has 34 heavy (non-hydrogen) atoms. The van der Waals surface area contributed by atoms with Crippen LogP contribution in [0.4, 0.5) is 4.39 Å². The lowest BCUT2D eigenvalue weighted by molar-refractivity contribution is -0.139. The van der Waals surface area contributed by atoms with Crippen molar-refractivity contribution in [2.24, 2.45) is 0 Å².